The van der Waals surface area contributed by atoms with Crippen LogP contribution in [0.3, 0.4) is 0 Å². The Hall–Kier alpha value is -2.83. The van der Waals surface area contributed by atoms with Crippen molar-refractivity contribution in [3.63, 3.8) is 0 Å². The van der Waals surface area contributed by atoms with Gasteiger partial charge in [0, 0.05) is 23.7 Å². The van der Waals surface area contributed by atoms with Crippen LogP contribution in [-0.4, -0.2) is 27.8 Å². The summed E-state index contributed by atoms with van der Waals surface area (Å²) in [5.74, 6) is 1.21. The van der Waals surface area contributed by atoms with Crippen LogP contribution in [0.2, 0.25) is 0 Å². The Balaban J connectivity index is 1.85. The molecule has 1 aromatic heterocycles. The summed E-state index contributed by atoms with van der Waals surface area (Å²) >= 11 is 0. The molecule has 7 nitrogen and oxygen atoms in total. The minimum absolute atomic E-state index is 0.0692. The molecule has 1 aromatic carbocycles. The molecule has 0 unspecified atom stereocenters. The number of carbonyl (C=O) groups is 1. The van der Waals surface area contributed by atoms with Gasteiger partial charge < -0.3 is 14.6 Å². The van der Waals surface area contributed by atoms with Crippen LogP contribution in [0.25, 0.3) is 0 Å². The topological polar surface area (TPSA) is 88.6 Å². The minimum Gasteiger partial charge on any atom is -0.464 e. The SMILES string of the molecule is Cc1ccc(CN(C(=O)c2ccc(NC3CC3)c([N+](=O)[O-])c2)C(C)C)o1. The van der Waals surface area contributed by atoms with E-state index in [2.05, 4.69) is 5.32 Å². The third-order valence-electron chi connectivity index (χ3n) is 4.38. The highest BCUT2D eigenvalue weighted by molar-refractivity contribution is 5.96. The summed E-state index contributed by atoms with van der Waals surface area (Å²) in [6.45, 7) is 5.98. The molecular formula is C19H23N3O4. The van der Waals surface area contributed by atoms with E-state index in [1.807, 2.05) is 32.9 Å². The molecule has 0 atom stereocenters. The van der Waals surface area contributed by atoms with E-state index in [1.165, 1.54) is 6.07 Å². The normalized spacial score (nSPS) is 13.7. The lowest BCUT2D eigenvalue weighted by Crippen LogP contribution is -2.36. The average Bonchev–Trinajstić information content (AvgIpc) is 3.31. The zero-order valence-electron chi connectivity index (χ0n) is 15.2. The number of nitro groups is 1. The molecule has 1 fully saturated rings. The Labute approximate surface area is 152 Å². The molecule has 1 aliphatic rings. The molecule has 138 valence electrons. The smallest absolute Gasteiger partial charge is 0.293 e. The van der Waals surface area contributed by atoms with E-state index in [-0.39, 0.29) is 17.6 Å². The Morgan fingerprint density at radius 3 is 2.62 bits per heavy atom. The first-order chi connectivity index (χ1) is 12.3. The van der Waals surface area contributed by atoms with Crippen molar-refractivity contribution in [2.75, 3.05) is 5.32 Å². The standard InChI is InChI=1S/C19H23N3O4/c1-12(2)21(11-16-8-4-13(3)26-16)19(23)14-5-9-17(20-15-6-7-15)18(10-14)22(24)25/h4-5,8-10,12,15,20H,6-7,11H2,1-3H3. The monoisotopic (exact) mass is 357 g/mol. The van der Waals surface area contributed by atoms with Gasteiger partial charge in [-0.3, -0.25) is 14.9 Å². The predicted octanol–water partition coefficient (Wildman–Crippen LogP) is 4.12. The van der Waals surface area contributed by atoms with Gasteiger partial charge in [0.05, 0.1) is 11.5 Å². The van der Waals surface area contributed by atoms with Crippen molar-refractivity contribution >= 4 is 17.3 Å². The summed E-state index contributed by atoms with van der Waals surface area (Å²) in [7, 11) is 0. The van der Waals surface area contributed by atoms with Gasteiger partial charge in [0.2, 0.25) is 0 Å². The molecule has 2 aromatic rings. The van der Waals surface area contributed by atoms with E-state index in [0.29, 0.717) is 29.6 Å². The van der Waals surface area contributed by atoms with E-state index in [1.54, 1.807) is 17.0 Å². The molecule has 0 spiro atoms. The number of rotatable bonds is 7. The van der Waals surface area contributed by atoms with Crippen LogP contribution in [0.5, 0.6) is 0 Å². The van der Waals surface area contributed by atoms with E-state index in [9.17, 15) is 14.9 Å². The molecule has 0 radical (unpaired) electrons. The molecule has 26 heavy (non-hydrogen) atoms. The molecule has 7 heteroatoms. The largest absolute Gasteiger partial charge is 0.464 e. The van der Waals surface area contributed by atoms with Crippen molar-refractivity contribution in [2.45, 2.75) is 52.2 Å². The number of furan rings is 1. The van der Waals surface area contributed by atoms with Gasteiger partial charge in [0.25, 0.3) is 11.6 Å². The highest BCUT2D eigenvalue weighted by atomic mass is 16.6. The summed E-state index contributed by atoms with van der Waals surface area (Å²) in [5, 5.41) is 14.6. The first-order valence-electron chi connectivity index (χ1n) is 8.76. The zero-order chi connectivity index (χ0) is 18.8. The Kier molecular flexibility index (Phi) is 4.97. The van der Waals surface area contributed by atoms with Crippen molar-refractivity contribution < 1.29 is 14.1 Å². The van der Waals surface area contributed by atoms with Crippen molar-refractivity contribution in [2.24, 2.45) is 0 Å². The molecular weight excluding hydrogens is 334 g/mol. The zero-order valence-corrected chi connectivity index (χ0v) is 15.2. The maximum Gasteiger partial charge on any atom is 0.293 e. The quantitative estimate of drug-likeness (QED) is 0.595. The molecule has 0 aliphatic heterocycles. The number of anilines is 1. The van der Waals surface area contributed by atoms with E-state index < -0.39 is 4.92 Å². The molecule has 1 amide bonds. The van der Waals surface area contributed by atoms with Crippen LogP contribution in [0.4, 0.5) is 11.4 Å². The van der Waals surface area contributed by atoms with Crippen molar-refractivity contribution in [3.05, 3.63) is 57.5 Å². The Bertz CT molecular complexity index is 824. The maximum atomic E-state index is 13.0. The lowest BCUT2D eigenvalue weighted by molar-refractivity contribution is -0.384. The first-order valence-corrected chi connectivity index (χ1v) is 8.76. The lowest BCUT2D eigenvalue weighted by Gasteiger charge is -2.26. The molecule has 1 heterocycles. The third kappa shape index (κ3) is 4.04. The molecule has 1 saturated carbocycles. The van der Waals surface area contributed by atoms with E-state index >= 15 is 0 Å². The van der Waals surface area contributed by atoms with Crippen LogP contribution in [0.15, 0.2) is 34.7 Å². The van der Waals surface area contributed by atoms with Gasteiger partial charge in [-0.25, -0.2) is 0 Å². The Morgan fingerprint density at radius 1 is 1.35 bits per heavy atom. The number of amides is 1. The minimum atomic E-state index is -0.447. The second-order valence-electron chi connectivity index (χ2n) is 6.95. The van der Waals surface area contributed by atoms with Crippen molar-refractivity contribution in [1.82, 2.24) is 4.90 Å². The van der Waals surface area contributed by atoms with Crippen LogP contribution in [-0.2, 0) is 6.54 Å². The second kappa shape index (κ2) is 7.19. The predicted molar refractivity (Wildman–Crippen MR) is 98.2 cm³/mol. The summed E-state index contributed by atoms with van der Waals surface area (Å²) in [6.07, 6.45) is 2.03. The van der Waals surface area contributed by atoms with Crippen LogP contribution < -0.4 is 5.32 Å². The number of hydrogen-bond donors (Lipinski definition) is 1. The highest BCUT2D eigenvalue weighted by Gasteiger charge is 2.27. The number of benzene rings is 1. The molecule has 1 aliphatic carbocycles. The number of hydrogen-bond acceptors (Lipinski definition) is 5. The number of nitrogens with zero attached hydrogens (tertiary/aromatic N) is 2. The molecule has 1 N–H and O–H groups in total. The number of nitro benzene ring substituents is 1. The van der Waals surface area contributed by atoms with Gasteiger partial charge in [-0.05, 0) is 57.9 Å². The van der Waals surface area contributed by atoms with Gasteiger partial charge >= 0.3 is 0 Å². The lowest BCUT2D eigenvalue weighted by atomic mass is 10.1. The average molecular weight is 357 g/mol. The third-order valence-corrected chi connectivity index (χ3v) is 4.38. The molecule has 0 saturated heterocycles. The van der Waals surface area contributed by atoms with Gasteiger partial charge in [-0.1, -0.05) is 0 Å². The van der Waals surface area contributed by atoms with Crippen LogP contribution in [0.1, 0.15) is 48.6 Å². The maximum absolute atomic E-state index is 13.0. The van der Waals surface area contributed by atoms with E-state index in [0.717, 1.165) is 18.6 Å². The number of nitrogens with one attached hydrogen (secondary N) is 1. The van der Waals surface area contributed by atoms with Crippen LogP contribution in [0, 0.1) is 17.0 Å². The summed E-state index contributed by atoms with van der Waals surface area (Å²) < 4.78 is 5.57. The van der Waals surface area contributed by atoms with E-state index in [4.69, 9.17) is 4.42 Å². The van der Waals surface area contributed by atoms with Gasteiger partial charge in [-0.2, -0.15) is 0 Å². The van der Waals surface area contributed by atoms with Gasteiger partial charge in [0.1, 0.15) is 17.2 Å². The first kappa shape index (κ1) is 18.0. The summed E-state index contributed by atoms with van der Waals surface area (Å²) in [5.41, 5.74) is 0.696. The molecule has 0 bridgehead atoms. The fourth-order valence-corrected chi connectivity index (χ4v) is 2.78. The Morgan fingerprint density at radius 2 is 2.08 bits per heavy atom. The van der Waals surface area contributed by atoms with Gasteiger partial charge in [-0.15, -0.1) is 0 Å². The summed E-state index contributed by atoms with van der Waals surface area (Å²) in [6, 6.07) is 8.53. The van der Waals surface area contributed by atoms with Crippen molar-refractivity contribution in [1.29, 1.82) is 0 Å². The van der Waals surface area contributed by atoms with Gasteiger partial charge in [0.15, 0.2) is 0 Å². The summed E-state index contributed by atoms with van der Waals surface area (Å²) in [4.78, 5) is 25.6. The highest BCUT2D eigenvalue weighted by Crippen LogP contribution is 2.32. The fraction of sp³-hybridized carbons (Fsp3) is 0.421. The van der Waals surface area contributed by atoms with Crippen molar-refractivity contribution in [3.8, 4) is 0 Å². The number of carbonyl (C=O) groups excluding carboxylic acids is 1. The fourth-order valence-electron chi connectivity index (χ4n) is 2.78. The second-order valence-corrected chi connectivity index (χ2v) is 6.95. The number of aryl methyl sites for hydroxylation is 1. The van der Waals surface area contributed by atoms with Crippen LogP contribution >= 0.6 is 0 Å². The molecule has 3 rings (SSSR count).